The summed E-state index contributed by atoms with van der Waals surface area (Å²) < 4.78 is 24.5. The third kappa shape index (κ3) is 5.14. The van der Waals surface area contributed by atoms with Crippen LogP contribution in [0.5, 0.6) is 5.75 Å². The zero-order valence-electron chi connectivity index (χ0n) is 18.7. The van der Waals surface area contributed by atoms with Crippen LogP contribution in [0.25, 0.3) is 22.3 Å². The Morgan fingerprint density at radius 2 is 2.15 bits per heavy atom. The Morgan fingerprint density at radius 3 is 2.94 bits per heavy atom. The van der Waals surface area contributed by atoms with E-state index in [-0.39, 0.29) is 33.9 Å². The van der Waals surface area contributed by atoms with E-state index >= 15 is 0 Å². The number of amides is 1. The van der Waals surface area contributed by atoms with Gasteiger partial charge in [-0.25, -0.2) is 19.2 Å². The van der Waals surface area contributed by atoms with Crippen molar-refractivity contribution in [3.63, 3.8) is 0 Å². The number of carbonyl (C=O) groups excluding carboxylic acids is 1. The van der Waals surface area contributed by atoms with Gasteiger partial charge in [-0.2, -0.15) is 0 Å². The Balaban J connectivity index is 0.00000216. The topological polar surface area (TPSA) is 96.8 Å². The smallest absolute Gasteiger partial charge is 0.407 e. The summed E-state index contributed by atoms with van der Waals surface area (Å²) in [5.74, 6) is 0.248. The highest BCUT2D eigenvalue weighted by Gasteiger charge is 2.27. The minimum atomic E-state index is -0.580. The fourth-order valence-electron chi connectivity index (χ4n) is 4.00. The first-order chi connectivity index (χ1) is 16.0. The highest BCUT2D eigenvalue weighted by molar-refractivity contribution is 5.92. The molecule has 1 atom stereocenters. The Bertz CT molecular complexity index is 1150. The minimum absolute atomic E-state index is 0. The highest BCUT2D eigenvalue weighted by atomic mass is 19.1. The molecule has 9 heteroatoms. The third-order valence-electron chi connectivity index (χ3n) is 5.69. The first kappa shape index (κ1) is 22.7. The SMILES string of the molecule is COCCOC(=O)NC[C@@H]1CCN(c2nc(-c3c(O)cccc3F)nc3cc(C)ccc23)C1.[HH].[HH].[HH]. The van der Waals surface area contributed by atoms with Gasteiger partial charge < -0.3 is 24.8 Å². The molecule has 2 heterocycles. The van der Waals surface area contributed by atoms with Crippen molar-refractivity contribution in [3.8, 4) is 17.1 Å². The van der Waals surface area contributed by atoms with E-state index in [9.17, 15) is 14.3 Å². The minimum Gasteiger partial charge on any atom is -0.507 e. The third-order valence-corrected chi connectivity index (χ3v) is 5.69. The zero-order chi connectivity index (χ0) is 23.4. The Morgan fingerprint density at radius 1 is 1.30 bits per heavy atom. The van der Waals surface area contributed by atoms with E-state index in [0.29, 0.717) is 31.0 Å². The lowest BCUT2D eigenvalue weighted by molar-refractivity contribution is 0.0979. The van der Waals surface area contributed by atoms with Crippen LogP contribution in [0, 0.1) is 18.7 Å². The summed E-state index contributed by atoms with van der Waals surface area (Å²) in [4.78, 5) is 23.2. The van der Waals surface area contributed by atoms with Gasteiger partial charge in [0.2, 0.25) is 0 Å². The van der Waals surface area contributed by atoms with Crippen molar-refractivity contribution in [3.05, 3.63) is 47.8 Å². The van der Waals surface area contributed by atoms with Gasteiger partial charge in [0.15, 0.2) is 5.82 Å². The molecule has 2 aromatic carbocycles. The van der Waals surface area contributed by atoms with Gasteiger partial charge in [0.05, 0.1) is 17.7 Å². The second-order valence-corrected chi connectivity index (χ2v) is 8.14. The van der Waals surface area contributed by atoms with Crippen LogP contribution in [0.4, 0.5) is 15.0 Å². The molecule has 0 saturated carbocycles. The van der Waals surface area contributed by atoms with Gasteiger partial charge in [-0.05, 0) is 49.1 Å². The summed E-state index contributed by atoms with van der Waals surface area (Å²) in [5, 5.41) is 13.9. The molecule has 0 radical (unpaired) electrons. The fourth-order valence-corrected chi connectivity index (χ4v) is 4.00. The summed E-state index contributed by atoms with van der Waals surface area (Å²) in [6.45, 7) is 4.40. The van der Waals surface area contributed by atoms with Crippen LogP contribution in [0.3, 0.4) is 0 Å². The van der Waals surface area contributed by atoms with Crippen LogP contribution in [0.1, 0.15) is 16.3 Å². The Kier molecular flexibility index (Phi) is 6.88. The number of alkyl carbamates (subject to hydrolysis) is 1. The first-order valence-corrected chi connectivity index (χ1v) is 10.9. The molecule has 0 spiro atoms. The molecule has 8 nitrogen and oxygen atoms in total. The number of aromatic nitrogens is 2. The van der Waals surface area contributed by atoms with E-state index in [1.165, 1.54) is 18.2 Å². The number of phenolic OH excluding ortho intramolecular Hbond substituents is 1. The van der Waals surface area contributed by atoms with Crippen molar-refractivity contribution in [2.75, 3.05) is 44.9 Å². The Labute approximate surface area is 195 Å². The van der Waals surface area contributed by atoms with Gasteiger partial charge >= 0.3 is 6.09 Å². The van der Waals surface area contributed by atoms with Crippen LogP contribution in [-0.4, -0.2) is 61.1 Å². The normalized spacial score (nSPS) is 15.7. The van der Waals surface area contributed by atoms with E-state index in [1.807, 2.05) is 25.1 Å². The quantitative estimate of drug-likeness (QED) is 0.505. The number of fused-ring (bicyclic) bond motifs is 1. The predicted octanol–water partition coefficient (Wildman–Crippen LogP) is 4.39. The predicted molar refractivity (Wildman–Crippen MR) is 129 cm³/mol. The van der Waals surface area contributed by atoms with E-state index in [1.54, 1.807) is 7.11 Å². The summed E-state index contributed by atoms with van der Waals surface area (Å²) in [6.07, 6.45) is 0.390. The Hall–Kier alpha value is -3.46. The standard InChI is InChI=1S/C24H27FN4O4.3H2/c1-15-6-7-17-19(12-15)27-22(21-18(25)4-3-5-20(21)30)28-23(17)29-9-8-16(14-29)13-26-24(31)33-11-10-32-2;;;/h3-7,12,16,30H,8-11,13-14H2,1-2H3,(H,26,31);3*1H/t16-;;;/m0.../s1. The summed E-state index contributed by atoms with van der Waals surface area (Å²) in [5.41, 5.74) is 1.69. The molecule has 1 aliphatic heterocycles. The van der Waals surface area contributed by atoms with Gasteiger partial charge in [0.1, 0.15) is 24.0 Å². The molecule has 0 bridgehead atoms. The molecule has 1 saturated heterocycles. The van der Waals surface area contributed by atoms with Crippen LogP contribution in [-0.2, 0) is 9.47 Å². The lowest BCUT2D eigenvalue weighted by atomic mass is 10.1. The lowest BCUT2D eigenvalue weighted by Crippen LogP contribution is -2.32. The van der Waals surface area contributed by atoms with Gasteiger partial charge in [0, 0.05) is 36.4 Å². The van der Waals surface area contributed by atoms with Gasteiger partial charge in [-0.3, -0.25) is 0 Å². The first-order valence-electron chi connectivity index (χ1n) is 10.9. The molecular weight excluding hydrogens is 427 g/mol. The van der Waals surface area contributed by atoms with E-state index in [4.69, 9.17) is 9.47 Å². The van der Waals surface area contributed by atoms with Gasteiger partial charge in [0.25, 0.3) is 0 Å². The molecular formula is C24H33FN4O4. The van der Waals surface area contributed by atoms with Crippen molar-refractivity contribution in [1.82, 2.24) is 15.3 Å². The number of carbonyl (C=O) groups is 1. The largest absolute Gasteiger partial charge is 0.507 e. The molecule has 3 aromatic rings. The van der Waals surface area contributed by atoms with Crippen LogP contribution >= 0.6 is 0 Å². The molecule has 0 unspecified atom stereocenters. The molecule has 180 valence electrons. The number of benzene rings is 2. The maximum absolute atomic E-state index is 14.6. The lowest BCUT2D eigenvalue weighted by Gasteiger charge is -2.21. The van der Waals surface area contributed by atoms with E-state index in [2.05, 4.69) is 20.2 Å². The number of methoxy groups -OCH3 is 1. The number of hydrogen-bond donors (Lipinski definition) is 2. The summed E-state index contributed by atoms with van der Waals surface area (Å²) >= 11 is 0. The average Bonchev–Trinajstić information content (AvgIpc) is 3.26. The highest BCUT2D eigenvalue weighted by Crippen LogP contribution is 2.35. The average molecular weight is 461 g/mol. The van der Waals surface area contributed by atoms with Gasteiger partial charge in [-0.1, -0.05) is 12.1 Å². The van der Waals surface area contributed by atoms with E-state index < -0.39 is 11.9 Å². The number of aryl methyl sites for hydroxylation is 1. The monoisotopic (exact) mass is 460 g/mol. The van der Waals surface area contributed by atoms with E-state index in [0.717, 1.165) is 23.9 Å². The number of aromatic hydroxyl groups is 1. The number of halogens is 1. The molecule has 1 amide bonds. The molecule has 1 fully saturated rings. The van der Waals surface area contributed by atoms with Crippen LogP contribution in [0.2, 0.25) is 0 Å². The van der Waals surface area contributed by atoms with Gasteiger partial charge in [-0.15, -0.1) is 0 Å². The number of hydrogen-bond acceptors (Lipinski definition) is 7. The number of rotatable bonds is 7. The molecule has 0 aliphatic carbocycles. The number of nitrogens with zero attached hydrogens (tertiary/aromatic N) is 3. The van der Waals surface area contributed by atoms with Crippen molar-refractivity contribution in [1.29, 1.82) is 0 Å². The van der Waals surface area contributed by atoms with Crippen LogP contribution < -0.4 is 10.2 Å². The molecule has 1 aromatic heterocycles. The van der Waals surface area contributed by atoms with Crippen LogP contribution in [0.15, 0.2) is 36.4 Å². The van der Waals surface area contributed by atoms with Crippen molar-refractivity contribution < 1.29 is 28.0 Å². The maximum atomic E-state index is 14.6. The number of phenols is 1. The second-order valence-electron chi connectivity index (χ2n) is 8.14. The number of nitrogens with one attached hydrogen (secondary N) is 1. The number of anilines is 1. The zero-order valence-corrected chi connectivity index (χ0v) is 18.7. The maximum Gasteiger partial charge on any atom is 0.407 e. The molecule has 1 aliphatic rings. The van der Waals surface area contributed by atoms with Crippen molar-refractivity contribution in [2.45, 2.75) is 13.3 Å². The number of ether oxygens (including phenoxy) is 2. The van der Waals surface area contributed by atoms with Crippen molar-refractivity contribution in [2.24, 2.45) is 5.92 Å². The second kappa shape index (κ2) is 9.99. The molecule has 4 rings (SSSR count). The summed E-state index contributed by atoms with van der Waals surface area (Å²) in [7, 11) is 1.55. The molecule has 2 N–H and O–H groups in total. The fraction of sp³-hybridized carbons (Fsp3) is 0.375. The molecule has 33 heavy (non-hydrogen) atoms. The summed E-state index contributed by atoms with van der Waals surface area (Å²) in [6, 6.07) is 10.0. The van der Waals surface area contributed by atoms with Crippen molar-refractivity contribution >= 4 is 22.8 Å².